The molecule has 2 aromatic rings. The van der Waals surface area contributed by atoms with Gasteiger partial charge < -0.3 is 25.3 Å². The van der Waals surface area contributed by atoms with Crippen LogP contribution in [0.1, 0.15) is 26.3 Å². The van der Waals surface area contributed by atoms with Gasteiger partial charge in [-0.05, 0) is 50.6 Å². The maximum absolute atomic E-state index is 11.8. The van der Waals surface area contributed by atoms with Crippen molar-refractivity contribution in [3.63, 3.8) is 0 Å². The van der Waals surface area contributed by atoms with Crippen molar-refractivity contribution in [2.75, 3.05) is 20.0 Å². The lowest BCUT2D eigenvalue weighted by Crippen LogP contribution is -2.32. The topological polar surface area (TPSA) is 82.8 Å². The second-order valence-corrected chi connectivity index (χ2v) is 6.84. The molecule has 3 N–H and O–H groups in total. The highest BCUT2D eigenvalue weighted by Crippen LogP contribution is 2.36. The Morgan fingerprint density at radius 3 is 2.35 bits per heavy atom. The molecule has 0 aliphatic carbocycles. The van der Waals surface area contributed by atoms with Crippen LogP contribution >= 0.6 is 0 Å². The third-order valence-corrected chi connectivity index (χ3v) is 3.65. The van der Waals surface area contributed by atoms with Gasteiger partial charge in [-0.1, -0.05) is 12.1 Å². The Hall–Kier alpha value is -2.89. The molecule has 0 bridgehead atoms. The molecule has 0 saturated carbocycles. The summed E-state index contributed by atoms with van der Waals surface area (Å²) in [6.45, 7) is 5.79. The molecule has 140 valence electrons. The first-order chi connectivity index (χ1) is 12.2. The molecule has 0 aromatic heterocycles. The summed E-state index contributed by atoms with van der Waals surface area (Å²) in [6, 6.07) is 11.2. The molecule has 0 radical (unpaired) electrons. The van der Waals surface area contributed by atoms with E-state index in [1.807, 2.05) is 57.2 Å². The van der Waals surface area contributed by atoms with Crippen LogP contribution in [0.4, 0.5) is 10.5 Å². The molecule has 0 heterocycles. The predicted octanol–water partition coefficient (Wildman–Crippen LogP) is 3.98. The van der Waals surface area contributed by atoms with Gasteiger partial charge >= 0.3 is 6.09 Å². The number of ether oxygens (including phenoxy) is 3. The Balaban J connectivity index is 2.19. The van der Waals surface area contributed by atoms with Crippen molar-refractivity contribution in [3.8, 4) is 22.6 Å². The van der Waals surface area contributed by atoms with Gasteiger partial charge in [-0.3, -0.25) is 0 Å². The maximum Gasteiger partial charge on any atom is 0.407 e. The normalized spacial score (nSPS) is 11.0. The van der Waals surface area contributed by atoms with Gasteiger partial charge in [0, 0.05) is 23.4 Å². The second kappa shape index (κ2) is 7.99. The molecule has 2 rings (SSSR count). The van der Waals surface area contributed by atoms with Crippen LogP contribution in [0.5, 0.6) is 11.5 Å². The van der Waals surface area contributed by atoms with Crippen LogP contribution in [0.2, 0.25) is 0 Å². The lowest BCUT2D eigenvalue weighted by molar-refractivity contribution is 0.0523. The van der Waals surface area contributed by atoms with E-state index in [2.05, 4.69) is 5.32 Å². The summed E-state index contributed by atoms with van der Waals surface area (Å²) in [5, 5.41) is 2.72. The lowest BCUT2D eigenvalue weighted by atomic mass is 10.0. The van der Waals surface area contributed by atoms with Crippen molar-refractivity contribution in [1.82, 2.24) is 5.32 Å². The zero-order chi connectivity index (χ0) is 19.3. The number of nitrogens with two attached hydrogens (primary N) is 1. The van der Waals surface area contributed by atoms with Gasteiger partial charge in [0.1, 0.15) is 17.1 Å². The van der Waals surface area contributed by atoms with Gasteiger partial charge in [0.2, 0.25) is 0 Å². The fourth-order valence-corrected chi connectivity index (χ4v) is 2.48. The monoisotopic (exact) mass is 358 g/mol. The van der Waals surface area contributed by atoms with E-state index in [4.69, 9.17) is 19.9 Å². The Labute approximate surface area is 154 Å². The first-order valence-corrected chi connectivity index (χ1v) is 8.31. The van der Waals surface area contributed by atoms with E-state index in [1.165, 1.54) is 0 Å². The van der Waals surface area contributed by atoms with Crippen LogP contribution in [0.25, 0.3) is 11.1 Å². The number of benzene rings is 2. The molecular formula is C20H26N2O4. The SMILES string of the molecule is COc1ccc(OC)c(-c2ccc(CNC(=O)OC(C)(C)C)cc2N)c1. The number of anilines is 1. The van der Waals surface area contributed by atoms with Gasteiger partial charge in [-0.25, -0.2) is 4.79 Å². The number of rotatable bonds is 5. The van der Waals surface area contributed by atoms with E-state index in [0.29, 0.717) is 18.0 Å². The molecule has 0 unspecified atom stereocenters. The Bertz CT molecular complexity index is 782. The van der Waals surface area contributed by atoms with E-state index >= 15 is 0 Å². The maximum atomic E-state index is 11.8. The number of amides is 1. The van der Waals surface area contributed by atoms with Gasteiger partial charge in [-0.15, -0.1) is 0 Å². The first kappa shape index (κ1) is 19.4. The first-order valence-electron chi connectivity index (χ1n) is 8.31. The number of nitrogens with one attached hydrogen (secondary N) is 1. The number of alkyl carbamates (subject to hydrolysis) is 1. The van der Waals surface area contributed by atoms with Crippen molar-refractivity contribution in [2.24, 2.45) is 0 Å². The highest BCUT2D eigenvalue weighted by molar-refractivity contribution is 5.81. The number of methoxy groups -OCH3 is 2. The molecule has 26 heavy (non-hydrogen) atoms. The quantitative estimate of drug-likeness (QED) is 0.790. The van der Waals surface area contributed by atoms with Crippen molar-refractivity contribution in [1.29, 1.82) is 0 Å². The zero-order valence-corrected chi connectivity index (χ0v) is 15.9. The largest absolute Gasteiger partial charge is 0.497 e. The summed E-state index contributed by atoms with van der Waals surface area (Å²) in [5.41, 5.74) is 8.84. The van der Waals surface area contributed by atoms with E-state index in [-0.39, 0.29) is 0 Å². The van der Waals surface area contributed by atoms with Crippen LogP contribution in [0.3, 0.4) is 0 Å². The fraction of sp³-hybridized carbons (Fsp3) is 0.350. The molecule has 0 spiro atoms. The Morgan fingerprint density at radius 2 is 1.77 bits per heavy atom. The minimum absolute atomic E-state index is 0.328. The van der Waals surface area contributed by atoms with Gasteiger partial charge in [0.05, 0.1) is 14.2 Å². The number of carbonyl (C=O) groups excluding carboxylic acids is 1. The summed E-state index contributed by atoms with van der Waals surface area (Å²) in [4.78, 5) is 11.8. The minimum Gasteiger partial charge on any atom is -0.497 e. The number of hydrogen-bond acceptors (Lipinski definition) is 5. The second-order valence-electron chi connectivity index (χ2n) is 6.84. The van der Waals surface area contributed by atoms with Crippen LogP contribution in [0.15, 0.2) is 36.4 Å². The van der Waals surface area contributed by atoms with Crippen LogP contribution < -0.4 is 20.5 Å². The summed E-state index contributed by atoms with van der Waals surface area (Å²) < 4.78 is 15.9. The molecule has 0 aliphatic heterocycles. The standard InChI is InChI=1S/C20H26N2O4/c1-20(2,3)26-19(23)22-12-13-6-8-15(17(21)10-13)16-11-14(24-4)7-9-18(16)25-5/h6-11H,12,21H2,1-5H3,(H,22,23). The fourth-order valence-electron chi connectivity index (χ4n) is 2.48. The Morgan fingerprint density at radius 1 is 1.04 bits per heavy atom. The van der Waals surface area contributed by atoms with Crippen molar-refractivity contribution < 1.29 is 19.0 Å². The van der Waals surface area contributed by atoms with Crippen molar-refractivity contribution in [2.45, 2.75) is 32.9 Å². The average Bonchev–Trinajstić information content (AvgIpc) is 2.58. The van der Waals surface area contributed by atoms with Crippen molar-refractivity contribution >= 4 is 11.8 Å². The molecule has 0 fully saturated rings. The Kier molecular flexibility index (Phi) is 5.97. The van der Waals surface area contributed by atoms with Crippen molar-refractivity contribution in [3.05, 3.63) is 42.0 Å². The van der Waals surface area contributed by atoms with Gasteiger partial charge in [0.15, 0.2) is 0 Å². The highest BCUT2D eigenvalue weighted by Gasteiger charge is 2.16. The van der Waals surface area contributed by atoms with E-state index in [0.717, 1.165) is 22.4 Å². The summed E-state index contributed by atoms with van der Waals surface area (Å²) >= 11 is 0. The number of carbonyl (C=O) groups is 1. The zero-order valence-electron chi connectivity index (χ0n) is 15.9. The van der Waals surface area contributed by atoms with E-state index in [1.54, 1.807) is 14.2 Å². The van der Waals surface area contributed by atoms with E-state index in [9.17, 15) is 4.79 Å². The molecule has 6 nitrogen and oxygen atoms in total. The molecular weight excluding hydrogens is 332 g/mol. The molecule has 0 aliphatic rings. The summed E-state index contributed by atoms with van der Waals surface area (Å²) in [7, 11) is 3.22. The third-order valence-electron chi connectivity index (χ3n) is 3.65. The number of nitrogen functional groups attached to an aromatic ring is 1. The summed E-state index contributed by atoms with van der Waals surface area (Å²) in [5.74, 6) is 1.42. The van der Waals surface area contributed by atoms with Crippen LogP contribution in [-0.4, -0.2) is 25.9 Å². The van der Waals surface area contributed by atoms with E-state index < -0.39 is 11.7 Å². The highest BCUT2D eigenvalue weighted by atomic mass is 16.6. The van der Waals surface area contributed by atoms with Crippen LogP contribution in [-0.2, 0) is 11.3 Å². The van der Waals surface area contributed by atoms with Crippen LogP contribution in [0, 0.1) is 0 Å². The van der Waals surface area contributed by atoms with Gasteiger partial charge in [0.25, 0.3) is 0 Å². The molecule has 6 heteroatoms. The molecule has 0 atom stereocenters. The molecule has 2 aromatic carbocycles. The minimum atomic E-state index is -0.532. The molecule has 0 saturated heterocycles. The lowest BCUT2D eigenvalue weighted by Gasteiger charge is -2.20. The molecule has 1 amide bonds. The van der Waals surface area contributed by atoms with Gasteiger partial charge in [-0.2, -0.15) is 0 Å². The smallest absolute Gasteiger partial charge is 0.407 e. The third kappa shape index (κ3) is 5.05. The average molecular weight is 358 g/mol. The number of hydrogen-bond donors (Lipinski definition) is 2. The summed E-state index contributed by atoms with van der Waals surface area (Å²) in [6.07, 6.45) is -0.463. The predicted molar refractivity (Wildman–Crippen MR) is 102 cm³/mol.